The van der Waals surface area contributed by atoms with Gasteiger partial charge in [0.25, 0.3) is 0 Å². The quantitative estimate of drug-likeness (QED) is 0.752. The minimum atomic E-state index is -1.13. The zero-order valence-electron chi connectivity index (χ0n) is 9.65. The van der Waals surface area contributed by atoms with Crippen molar-refractivity contribution < 1.29 is 14.3 Å². The molecule has 0 fully saturated rings. The highest BCUT2D eigenvalue weighted by Gasteiger charge is 2.09. The second-order valence-electron chi connectivity index (χ2n) is 3.89. The average Bonchev–Trinajstić information content (AvgIpc) is 2.30. The van der Waals surface area contributed by atoms with Gasteiger partial charge in [0.2, 0.25) is 0 Å². The van der Waals surface area contributed by atoms with E-state index in [0.29, 0.717) is 11.4 Å². The number of carboxylic acid groups (broad SMARTS) is 1. The van der Waals surface area contributed by atoms with Crippen LogP contribution in [0.15, 0.2) is 36.4 Å². The van der Waals surface area contributed by atoms with Gasteiger partial charge in [-0.15, -0.1) is 0 Å². The van der Waals surface area contributed by atoms with E-state index in [0.717, 1.165) is 0 Å². The van der Waals surface area contributed by atoms with Crippen LogP contribution < -0.4 is 11.1 Å². The van der Waals surface area contributed by atoms with Gasteiger partial charge in [0, 0.05) is 22.1 Å². The predicted octanol–water partition coefficient (Wildman–Crippen LogP) is 3.50. The molecule has 2 aromatic rings. The highest BCUT2D eigenvalue weighted by Crippen LogP contribution is 2.24. The fourth-order valence-corrected chi connectivity index (χ4v) is 1.83. The summed E-state index contributed by atoms with van der Waals surface area (Å²) in [5.74, 6) is -1.61. The lowest BCUT2D eigenvalue weighted by molar-refractivity contribution is 0.0698. The van der Waals surface area contributed by atoms with Gasteiger partial charge in [-0.05, 0) is 36.4 Å². The summed E-state index contributed by atoms with van der Waals surface area (Å²) in [6.45, 7) is 0. The molecular formula is C13H10ClFN2O2. The van der Waals surface area contributed by atoms with Gasteiger partial charge in [0.05, 0.1) is 5.56 Å². The van der Waals surface area contributed by atoms with Crippen LogP contribution in [0.4, 0.5) is 21.5 Å². The molecular weight excluding hydrogens is 271 g/mol. The van der Waals surface area contributed by atoms with Crippen LogP contribution in [-0.2, 0) is 0 Å². The van der Waals surface area contributed by atoms with E-state index in [1.54, 1.807) is 6.07 Å². The van der Waals surface area contributed by atoms with Crippen molar-refractivity contribution >= 4 is 34.6 Å². The minimum absolute atomic E-state index is 0.0208. The molecule has 0 heterocycles. The summed E-state index contributed by atoms with van der Waals surface area (Å²) in [7, 11) is 0. The number of hydrogen-bond acceptors (Lipinski definition) is 3. The number of nitrogens with two attached hydrogens (primary N) is 1. The normalized spacial score (nSPS) is 10.2. The molecule has 0 radical (unpaired) electrons. The summed E-state index contributed by atoms with van der Waals surface area (Å²) < 4.78 is 13.2. The van der Waals surface area contributed by atoms with Gasteiger partial charge in [-0.25, -0.2) is 9.18 Å². The van der Waals surface area contributed by atoms with Crippen LogP contribution in [-0.4, -0.2) is 11.1 Å². The fraction of sp³-hybridized carbons (Fsp3) is 0. The van der Waals surface area contributed by atoms with E-state index in [4.69, 9.17) is 22.4 Å². The number of nitrogen functional groups attached to an aromatic ring is 1. The monoisotopic (exact) mass is 280 g/mol. The minimum Gasteiger partial charge on any atom is -0.478 e. The number of carboxylic acids is 1. The Bertz CT molecular complexity index is 626. The van der Waals surface area contributed by atoms with E-state index in [1.807, 2.05) is 0 Å². The number of rotatable bonds is 3. The number of anilines is 3. The Hall–Kier alpha value is -2.27. The van der Waals surface area contributed by atoms with Crippen molar-refractivity contribution in [2.24, 2.45) is 0 Å². The Labute approximate surface area is 113 Å². The van der Waals surface area contributed by atoms with Gasteiger partial charge < -0.3 is 16.2 Å². The Morgan fingerprint density at radius 3 is 2.58 bits per heavy atom. The molecule has 0 atom stereocenters. The van der Waals surface area contributed by atoms with Crippen molar-refractivity contribution in [3.63, 3.8) is 0 Å². The van der Waals surface area contributed by atoms with Crippen LogP contribution in [0.3, 0.4) is 0 Å². The molecule has 2 rings (SSSR count). The standard InChI is InChI=1S/C13H10ClFN2O2/c14-7-3-8(15)5-10(4-7)17-9-1-2-12(16)11(6-9)13(18)19/h1-6,17H,16H2,(H,18,19). The molecule has 0 saturated carbocycles. The molecule has 0 spiro atoms. The van der Waals surface area contributed by atoms with E-state index in [2.05, 4.69) is 5.32 Å². The van der Waals surface area contributed by atoms with Crippen molar-refractivity contribution in [2.75, 3.05) is 11.1 Å². The first kappa shape index (κ1) is 13.2. The van der Waals surface area contributed by atoms with Gasteiger partial charge in [-0.1, -0.05) is 11.6 Å². The summed E-state index contributed by atoms with van der Waals surface area (Å²) in [4.78, 5) is 10.9. The van der Waals surface area contributed by atoms with Crippen LogP contribution in [0.5, 0.6) is 0 Å². The number of hydrogen-bond donors (Lipinski definition) is 3. The Morgan fingerprint density at radius 1 is 1.21 bits per heavy atom. The molecule has 0 aliphatic carbocycles. The van der Waals surface area contributed by atoms with Gasteiger partial charge >= 0.3 is 5.97 Å². The molecule has 0 aliphatic heterocycles. The molecule has 0 amide bonds. The fourth-order valence-electron chi connectivity index (χ4n) is 1.61. The van der Waals surface area contributed by atoms with Crippen molar-refractivity contribution in [3.05, 3.63) is 52.8 Å². The molecule has 6 heteroatoms. The number of aromatic carboxylic acids is 1. The summed E-state index contributed by atoms with van der Waals surface area (Å²) in [5.41, 5.74) is 6.59. The Kier molecular flexibility index (Phi) is 3.57. The second-order valence-corrected chi connectivity index (χ2v) is 4.33. The van der Waals surface area contributed by atoms with E-state index in [9.17, 15) is 9.18 Å². The zero-order chi connectivity index (χ0) is 14.0. The summed E-state index contributed by atoms with van der Waals surface area (Å²) >= 11 is 5.73. The number of nitrogens with one attached hydrogen (secondary N) is 1. The largest absolute Gasteiger partial charge is 0.478 e. The molecule has 4 nitrogen and oxygen atoms in total. The third-order valence-electron chi connectivity index (χ3n) is 2.43. The maximum absolute atomic E-state index is 13.2. The van der Waals surface area contributed by atoms with E-state index in [-0.39, 0.29) is 16.3 Å². The summed E-state index contributed by atoms with van der Waals surface area (Å²) in [6.07, 6.45) is 0. The molecule has 98 valence electrons. The highest BCUT2D eigenvalue weighted by molar-refractivity contribution is 6.30. The molecule has 0 unspecified atom stereocenters. The maximum atomic E-state index is 13.2. The smallest absolute Gasteiger partial charge is 0.337 e. The average molecular weight is 281 g/mol. The summed E-state index contributed by atoms with van der Waals surface area (Å²) in [6, 6.07) is 8.40. The maximum Gasteiger partial charge on any atom is 0.337 e. The highest BCUT2D eigenvalue weighted by atomic mass is 35.5. The topological polar surface area (TPSA) is 75.3 Å². The van der Waals surface area contributed by atoms with Crippen molar-refractivity contribution in [1.29, 1.82) is 0 Å². The molecule has 4 N–H and O–H groups in total. The summed E-state index contributed by atoms with van der Waals surface area (Å²) in [5, 5.41) is 12.1. The van der Waals surface area contributed by atoms with Gasteiger partial charge in [0.1, 0.15) is 5.82 Å². The zero-order valence-corrected chi connectivity index (χ0v) is 10.4. The molecule has 0 aliphatic rings. The Balaban J connectivity index is 2.33. The van der Waals surface area contributed by atoms with Crippen LogP contribution in [0.1, 0.15) is 10.4 Å². The molecule has 2 aromatic carbocycles. The van der Waals surface area contributed by atoms with Crippen LogP contribution in [0.2, 0.25) is 5.02 Å². The first-order chi connectivity index (χ1) is 8.95. The molecule has 19 heavy (non-hydrogen) atoms. The van der Waals surface area contributed by atoms with Crippen LogP contribution in [0, 0.1) is 5.82 Å². The first-order valence-corrected chi connectivity index (χ1v) is 5.69. The van der Waals surface area contributed by atoms with Gasteiger partial charge in [-0.3, -0.25) is 0 Å². The van der Waals surface area contributed by atoms with Crippen LogP contribution >= 0.6 is 11.6 Å². The van der Waals surface area contributed by atoms with Crippen molar-refractivity contribution in [2.45, 2.75) is 0 Å². The number of benzene rings is 2. The third kappa shape index (κ3) is 3.14. The SMILES string of the molecule is Nc1ccc(Nc2cc(F)cc(Cl)c2)cc1C(=O)O. The van der Waals surface area contributed by atoms with E-state index < -0.39 is 11.8 Å². The lowest BCUT2D eigenvalue weighted by atomic mass is 10.1. The third-order valence-corrected chi connectivity index (χ3v) is 2.65. The molecule has 0 saturated heterocycles. The van der Waals surface area contributed by atoms with Crippen molar-refractivity contribution in [3.8, 4) is 0 Å². The molecule has 0 bridgehead atoms. The first-order valence-electron chi connectivity index (χ1n) is 5.31. The number of carbonyl (C=O) groups is 1. The lowest BCUT2D eigenvalue weighted by Crippen LogP contribution is -2.03. The molecule has 0 aromatic heterocycles. The Morgan fingerprint density at radius 2 is 1.95 bits per heavy atom. The van der Waals surface area contributed by atoms with Gasteiger partial charge in [0.15, 0.2) is 0 Å². The van der Waals surface area contributed by atoms with E-state index in [1.165, 1.54) is 30.3 Å². The predicted molar refractivity (Wildman–Crippen MR) is 72.5 cm³/mol. The van der Waals surface area contributed by atoms with Crippen molar-refractivity contribution in [1.82, 2.24) is 0 Å². The van der Waals surface area contributed by atoms with E-state index >= 15 is 0 Å². The lowest BCUT2D eigenvalue weighted by Gasteiger charge is -2.09. The van der Waals surface area contributed by atoms with Crippen LogP contribution in [0.25, 0.3) is 0 Å². The number of halogens is 2. The second kappa shape index (κ2) is 5.16. The van der Waals surface area contributed by atoms with Gasteiger partial charge in [-0.2, -0.15) is 0 Å².